The number of carbonyl (C=O) groups excluding carboxylic acids is 1. The number of aromatic nitrogens is 2. The van der Waals surface area contributed by atoms with Gasteiger partial charge in [-0.05, 0) is 43.7 Å². The van der Waals surface area contributed by atoms with E-state index in [1.165, 1.54) is 30.6 Å². The monoisotopic (exact) mass is 401 g/mol. The zero-order valence-electron chi connectivity index (χ0n) is 15.7. The third kappa shape index (κ3) is 4.43. The maximum absolute atomic E-state index is 13.7. The van der Waals surface area contributed by atoms with Gasteiger partial charge in [0.05, 0.1) is 29.0 Å². The lowest BCUT2D eigenvalue weighted by molar-refractivity contribution is 0.102. The maximum atomic E-state index is 13.7. The molecule has 0 aliphatic heterocycles. The molecule has 0 saturated carbocycles. The van der Waals surface area contributed by atoms with Gasteiger partial charge in [-0.15, -0.1) is 0 Å². The van der Waals surface area contributed by atoms with Crippen molar-refractivity contribution in [3.05, 3.63) is 70.8 Å². The summed E-state index contributed by atoms with van der Waals surface area (Å²) >= 11 is 0. The molecule has 2 aromatic heterocycles. The quantitative estimate of drug-likeness (QED) is 0.643. The number of carbonyl (C=O) groups is 1. The van der Waals surface area contributed by atoms with Gasteiger partial charge in [0.15, 0.2) is 11.7 Å². The zero-order valence-corrected chi connectivity index (χ0v) is 15.7. The number of hydrogen-bond acceptors (Lipinski definition) is 4. The fourth-order valence-corrected chi connectivity index (χ4v) is 2.78. The largest absolute Gasteiger partial charge is 0.389 e. The Bertz CT molecular complexity index is 1110. The van der Waals surface area contributed by atoms with Crippen LogP contribution < -0.4 is 5.32 Å². The van der Waals surface area contributed by atoms with Gasteiger partial charge in [0, 0.05) is 22.9 Å². The Morgan fingerprint density at radius 2 is 1.83 bits per heavy atom. The Morgan fingerprint density at radius 3 is 2.48 bits per heavy atom. The van der Waals surface area contributed by atoms with Gasteiger partial charge in [-0.2, -0.15) is 0 Å². The number of amides is 1. The number of nitrogens with one attached hydrogen (secondary N) is 1. The molecule has 0 bridgehead atoms. The van der Waals surface area contributed by atoms with Crippen molar-refractivity contribution in [2.24, 2.45) is 0 Å². The molecule has 1 amide bonds. The lowest BCUT2D eigenvalue weighted by atomic mass is 10.0. The van der Waals surface area contributed by atoms with Crippen molar-refractivity contribution >= 4 is 28.5 Å². The SMILES string of the molecule is Cc1cc(/C(F)=C(\F)CF)ccc1C(=O)Nc1cnc2cc(C(C)O)cnc2c1. The van der Waals surface area contributed by atoms with Crippen LogP contribution in [0.3, 0.4) is 0 Å². The van der Waals surface area contributed by atoms with Crippen LogP contribution >= 0.6 is 0 Å². The molecule has 2 heterocycles. The number of alkyl halides is 1. The van der Waals surface area contributed by atoms with E-state index in [9.17, 15) is 23.1 Å². The summed E-state index contributed by atoms with van der Waals surface area (Å²) in [6.45, 7) is 1.66. The number of aliphatic hydroxyl groups excluding tert-OH is 1. The third-order valence-electron chi connectivity index (χ3n) is 4.37. The first-order valence-electron chi connectivity index (χ1n) is 8.76. The molecule has 5 nitrogen and oxygen atoms in total. The van der Waals surface area contributed by atoms with E-state index < -0.39 is 30.3 Å². The molecule has 3 aromatic rings. The highest BCUT2D eigenvalue weighted by atomic mass is 19.2. The van der Waals surface area contributed by atoms with E-state index in [0.29, 0.717) is 27.8 Å². The van der Waals surface area contributed by atoms with Crippen LogP contribution in [-0.4, -0.2) is 27.7 Å². The third-order valence-corrected chi connectivity index (χ3v) is 4.37. The van der Waals surface area contributed by atoms with Crippen LogP contribution in [0.25, 0.3) is 16.9 Å². The second-order valence-corrected chi connectivity index (χ2v) is 6.54. The van der Waals surface area contributed by atoms with Gasteiger partial charge >= 0.3 is 0 Å². The number of allylic oxidation sites excluding steroid dienone is 1. The van der Waals surface area contributed by atoms with E-state index in [4.69, 9.17) is 0 Å². The van der Waals surface area contributed by atoms with Crippen molar-refractivity contribution in [2.75, 3.05) is 12.0 Å². The van der Waals surface area contributed by atoms with Gasteiger partial charge in [-0.1, -0.05) is 6.07 Å². The Morgan fingerprint density at radius 1 is 1.14 bits per heavy atom. The summed E-state index contributed by atoms with van der Waals surface area (Å²) in [4.78, 5) is 21.0. The summed E-state index contributed by atoms with van der Waals surface area (Å²) < 4.78 is 39.1. The normalized spacial score (nSPS) is 13.2. The lowest BCUT2D eigenvalue weighted by Gasteiger charge is -2.10. The molecule has 29 heavy (non-hydrogen) atoms. The van der Waals surface area contributed by atoms with E-state index in [-0.39, 0.29) is 11.1 Å². The number of nitrogens with zero attached hydrogens (tertiary/aromatic N) is 2. The summed E-state index contributed by atoms with van der Waals surface area (Å²) in [5.74, 6) is -3.25. The first kappa shape index (κ1) is 20.5. The molecule has 0 radical (unpaired) electrons. The van der Waals surface area contributed by atoms with Crippen LogP contribution in [0.15, 0.2) is 48.6 Å². The topological polar surface area (TPSA) is 75.1 Å². The number of halogens is 3. The average Bonchev–Trinajstić information content (AvgIpc) is 2.71. The van der Waals surface area contributed by atoms with E-state index in [1.807, 2.05) is 0 Å². The van der Waals surface area contributed by atoms with Crippen LogP contribution in [0.5, 0.6) is 0 Å². The van der Waals surface area contributed by atoms with E-state index in [0.717, 1.165) is 0 Å². The summed E-state index contributed by atoms with van der Waals surface area (Å²) in [5, 5.41) is 12.3. The molecule has 150 valence electrons. The van der Waals surface area contributed by atoms with Crippen LogP contribution in [0.2, 0.25) is 0 Å². The number of rotatable bonds is 5. The Kier molecular flexibility index (Phi) is 5.93. The van der Waals surface area contributed by atoms with Crippen molar-refractivity contribution in [3.63, 3.8) is 0 Å². The van der Waals surface area contributed by atoms with E-state index >= 15 is 0 Å². The van der Waals surface area contributed by atoms with Crippen LogP contribution in [-0.2, 0) is 0 Å². The highest BCUT2D eigenvalue weighted by Crippen LogP contribution is 2.25. The van der Waals surface area contributed by atoms with E-state index in [1.54, 1.807) is 26.0 Å². The predicted molar refractivity (Wildman–Crippen MR) is 104 cm³/mol. The van der Waals surface area contributed by atoms with Gasteiger partial charge in [-0.3, -0.25) is 14.8 Å². The fraction of sp³-hybridized carbons (Fsp3) is 0.190. The Labute approximate surface area is 164 Å². The highest BCUT2D eigenvalue weighted by Gasteiger charge is 2.14. The van der Waals surface area contributed by atoms with Crippen molar-refractivity contribution in [1.29, 1.82) is 0 Å². The zero-order chi connectivity index (χ0) is 21.1. The van der Waals surface area contributed by atoms with Crippen LogP contribution in [0, 0.1) is 6.92 Å². The molecule has 0 saturated heterocycles. The molecule has 1 aromatic carbocycles. The second kappa shape index (κ2) is 8.40. The van der Waals surface area contributed by atoms with E-state index in [2.05, 4.69) is 15.3 Å². The molecule has 0 spiro atoms. The Hall–Kier alpha value is -3.26. The van der Waals surface area contributed by atoms with Crippen LogP contribution in [0.1, 0.15) is 40.1 Å². The summed E-state index contributed by atoms with van der Waals surface area (Å²) in [5.41, 5.74) is 2.64. The maximum Gasteiger partial charge on any atom is 0.255 e. The molecule has 2 N–H and O–H groups in total. The molecule has 0 aliphatic carbocycles. The highest BCUT2D eigenvalue weighted by molar-refractivity contribution is 6.05. The molecule has 8 heteroatoms. The van der Waals surface area contributed by atoms with Gasteiger partial charge in [0.1, 0.15) is 6.67 Å². The fourth-order valence-electron chi connectivity index (χ4n) is 2.78. The second-order valence-electron chi connectivity index (χ2n) is 6.54. The number of fused-ring (bicyclic) bond motifs is 1. The van der Waals surface area contributed by atoms with Gasteiger partial charge in [0.25, 0.3) is 5.91 Å². The van der Waals surface area contributed by atoms with Gasteiger partial charge in [0.2, 0.25) is 0 Å². The number of pyridine rings is 2. The predicted octanol–water partition coefficient (Wildman–Crippen LogP) is 4.82. The molecule has 1 unspecified atom stereocenters. The first-order chi connectivity index (χ1) is 13.8. The molecular formula is C21H18F3N3O2. The number of benzene rings is 1. The van der Waals surface area contributed by atoms with Crippen molar-refractivity contribution < 1.29 is 23.1 Å². The van der Waals surface area contributed by atoms with Crippen molar-refractivity contribution in [3.8, 4) is 0 Å². The number of hydrogen-bond donors (Lipinski definition) is 2. The average molecular weight is 401 g/mol. The minimum atomic E-state index is -1.53. The molecule has 3 rings (SSSR count). The number of anilines is 1. The smallest absolute Gasteiger partial charge is 0.255 e. The lowest BCUT2D eigenvalue weighted by Crippen LogP contribution is -2.13. The van der Waals surface area contributed by atoms with Crippen molar-refractivity contribution in [1.82, 2.24) is 9.97 Å². The van der Waals surface area contributed by atoms with Gasteiger partial charge in [-0.25, -0.2) is 13.2 Å². The molecular weight excluding hydrogens is 383 g/mol. The Balaban J connectivity index is 1.83. The number of aryl methyl sites for hydroxylation is 1. The minimum Gasteiger partial charge on any atom is -0.389 e. The standard InChI is InChI=1S/C21H18F3N3O2/c1-11-5-13(20(24)17(23)8-22)3-4-16(11)21(29)27-15-7-19-18(26-10-15)6-14(9-25-19)12(2)28/h3-7,9-10,12,28H,8H2,1-2H3,(H,27,29)/b20-17+. The summed E-state index contributed by atoms with van der Waals surface area (Å²) in [7, 11) is 0. The molecule has 0 aliphatic rings. The van der Waals surface area contributed by atoms with Crippen molar-refractivity contribution in [2.45, 2.75) is 20.0 Å². The first-order valence-corrected chi connectivity index (χ1v) is 8.76. The summed E-state index contributed by atoms with van der Waals surface area (Å²) in [6, 6.07) is 7.17. The van der Waals surface area contributed by atoms with Gasteiger partial charge < -0.3 is 10.4 Å². The molecule has 1 atom stereocenters. The molecule has 0 fully saturated rings. The summed E-state index contributed by atoms with van der Waals surface area (Å²) in [6.07, 6.45) is 2.31. The van der Waals surface area contributed by atoms with Crippen LogP contribution in [0.4, 0.5) is 18.9 Å². The minimum absolute atomic E-state index is 0.139. The number of aliphatic hydroxyl groups is 1.